The first-order chi connectivity index (χ1) is 5.79. The fourth-order valence-corrected chi connectivity index (χ4v) is 0.749. The second-order valence-corrected chi connectivity index (χ2v) is 2.05. The molecule has 1 N–H and O–H groups in total. The molecule has 0 saturated carbocycles. The number of rotatable bonds is 3. The lowest BCUT2D eigenvalue weighted by atomic mass is 10.2. The molecule has 1 rings (SSSR count). The fourth-order valence-electron chi connectivity index (χ4n) is 0.749. The third-order valence-corrected chi connectivity index (χ3v) is 1.29. The summed E-state index contributed by atoms with van der Waals surface area (Å²) < 4.78 is 9.17. The zero-order valence-corrected chi connectivity index (χ0v) is 6.61. The first-order valence-electron chi connectivity index (χ1n) is 3.50. The first-order valence-corrected chi connectivity index (χ1v) is 3.50. The molecule has 5 heteroatoms. The van der Waals surface area contributed by atoms with E-state index >= 15 is 0 Å². The molecule has 0 saturated heterocycles. The van der Waals surface area contributed by atoms with Gasteiger partial charge in [-0.3, -0.25) is 0 Å². The lowest BCUT2D eigenvalue weighted by Gasteiger charge is -1.97. The van der Waals surface area contributed by atoms with Gasteiger partial charge in [-0.1, -0.05) is 5.16 Å². The van der Waals surface area contributed by atoms with Gasteiger partial charge in [-0.2, -0.15) is 0 Å². The Kier molecular flexibility index (Phi) is 2.82. The Balaban J connectivity index is 2.79. The molecule has 0 aliphatic heterocycles. The molecule has 1 aromatic heterocycles. The average Bonchev–Trinajstić information content (AvgIpc) is 2.51. The van der Waals surface area contributed by atoms with Gasteiger partial charge in [0.25, 0.3) is 0 Å². The quantitative estimate of drug-likeness (QED) is 0.664. The molecule has 1 aromatic rings. The summed E-state index contributed by atoms with van der Waals surface area (Å²) in [5, 5.41) is 12.1. The minimum Gasteiger partial charge on any atom is -0.462 e. The van der Waals surface area contributed by atoms with Crippen LogP contribution in [0.5, 0.6) is 0 Å². The molecule has 0 spiro atoms. The minimum atomic E-state index is -0.525. The summed E-state index contributed by atoms with van der Waals surface area (Å²) in [6.07, 6.45) is 1.16. The van der Waals surface area contributed by atoms with Crippen molar-refractivity contribution in [2.75, 3.05) is 6.61 Å². The summed E-state index contributed by atoms with van der Waals surface area (Å²) in [5.41, 5.74) is 0.382. The molecule has 12 heavy (non-hydrogen) atoms. The maximum absolute atomic E-state index is 11.1. The lowest BCUT2D eigenvalue weighted by Crippen LogP contribution is -2.06. The van der Waals surface area contributed by atoms with Crippen LogP contribution in [0.2, 0.25) is 0 Å². The number of esters is 1. The molecule has 0 bridgehead atoms. The van der Waals surface area contributed by atoms with E-state index in [1.807, 2.05) is 0 Å². The van der Waals surface area contributed by atoms with Gasteiger partial charge in [0.05, 0.1) is 13.2 Å². The number of hydrogen-bond donors (Lipinski definition) is 1. The lowest BCUT2D eigenvalue weighted by molar-refractivity contribution is 0.0522. The van der Waals surface area contributed by atoms with Gasteiger partial charge >= 0.3 is 5.97 Å². The maximum atomic E-state index is 11.1. The van der Waals surface area contributed by atoms with E-state index in [1.54, 1.807) is 6.92 Å². The van der Waals surface area contributed by atoms with Crippen molar-refractivity contribution in [2.45, 2.75) is 13.5 Å². The predicted octanol–water partition coefficient (Wildman–Crippen LogP) is 0.344. The highest BCUT2D eigenvalue weighted by Crippen LogP contribution is 2.07. The highest BCUT2D eigenvalue weighted by Gasteiger charge is 2.15. The summed E-state index contributed by atoms with van der Waals surface area (Å²) >= 11 is 0. The Bertz CT molecular complexity index is 268. The molecule has 0 radical (unpaired) electrons. The van der Waals surface area contributed by atoms with Gasteiger partial charge < -0.3 is 14.4 Å². The molecule has 0 amide bonds. The SMILES string of the molecule is CCOC(=O)c1conc1CO. The average molecular weight is 171 g/mol. The van der Waals surface area contributed by atoms with E-state index in [1.165, 1.54) is 0 Å². The summed E-state index contributed by atoms with van der Waals surface area (Å²) in [6.45, 7) is 1.66. The van der Waals surface area contributed by atoms with Crippen molar-refractivity contribution < 1.29 is 19.2 Å². The molecule has 1 heterocycles. The van der Waals surface area contributed by atoms with Crippen molar-refractivity contribution in [3.05, 3.63) is 17.5 Å². The van der Waals surface area contributed by atoms with Crippen LogP contribution in [0.4, 0.5) is 0 Å². The molecule has 0 atom stereocenters. The predicted molar refractivity (Wildman–Crippen MR) is 38.4 cm³/mol. The van der Waals surface area contributed by atoms with E-state index in [-0.39, 0.29) is 24.5 Å². The van der Waals surface area contributed by atoms with Gasteiger partial charge in [-0.05, 0) is 6.92 Å². The topological polar surface area (TPSA) is 72.6 Å². The monoisotopic (exact) mass is 171 g/mol. The van der Waals surface area contributed by atoms with Gasteiger partial charge in [0, 0.05) is 0 Å². The van der Waals surface area contributed by atoms with E-state index < -0.39 is 5.97 Å². The number of hydrogen-bond acceptors (Lipinski definition) is 5. The molecule has 0 aliphatic rings. The van der Waals surface area contributed by atoms with Crippen LogP contribution in [0.1, 0.15) is 23.0 Å². The Morgan fingerprint density at radius 1 is 1.83 bits per heavy atom. The highest BCUT2D eigenvalue weighted by molar-refractivity contribution is 5.90. The Morgan fingerprint density at radius 3 is 3.17 bits per heavy atom. The van der Waals surface area contributed by atoms with E-state index in [9.17, 15) is 4.79 Å². The Labute approximate surface area is 68.9 Å². The van der Waals surface area contributed by atoms with Crippen LogP contribution >= 0.6 is 0 Å². The van der Waals surface area contributed by atoms with Crippen LogP contribution in [0.3, 0.4) is 0 Å². The van der Waals surface area contributed by atoms with E-state index in [4.69, 9.17) is 5.11 Å². The summed E-state index contributed by atoms with van der Waals surface area (Å²) in [7, 11) is 0. The largest absolute Gasteiger partial charge is 0.462 e. The number of aromatic nitrogens is 1. The first kappa shape index (κ1) is 8.73. The smallest absolute Gasteiger partial charge is 0.343 e. The number of carbonyl (C=O) groups is 1. The second kappa shape index (κ2) is 3.87. The van der Waals surface area contributed by atoms with Crippen molar-refractivity contribution in [1.82, 2.24) is 5.16 Å². The molecule has 5 nitrogen and oxygen atoms in total. The molecule has 66 valence electrons. The fraction of sp³-hybridized carbons (Fsp3) is 0.429. The maximum Gasteiger partial charge on any atom is 0.343 e. The van der Waals surface area contributed by atoms with Gasteiger partial charge in [0.1, 0.15) is 17.5 Å². The van der Waals surface area contributed by atoms with Gasteiger partial charge in [-0.25, -0.2) is 4.79 Å². The van der Waals surface area contributed by atoms with Crippen LogP contribution in [-0.2, 0) is 11.3 Å². The van der Waals surface area contributed by atoms with Gasteiger partial charge in [-0.15, -0.1) is 0 Å². The van der Waals surface area contributed by atoms with Crippen molar-refractivity contribution in [3.63, 3.8) is 0 Å². The van der Waals surface area contributed by atoms with Crippen LogP contribution in [0, 0.1) is 0 Å². The Morgan fingerprint density at radius 2 is 2.58 bits per heavy atom. The second-order valence-electron chi connectivity index (χ2n) is 2.05. The number of aliphatic hydroxyl groups excluding tert-OH is 1. The summed E-state index contributed by atoms with van der Waals surface area (Å²) in [5.74, 6) is -0.525. The standard InChI is InChI=1S/C7H9NO4/c1-2-11-7(10)5-4-12-8-6(5)3-9/h4,9H,2-3H2,1H3. The summed E-state index contributed by atoms with van der Waals surface area (Å²) in [6, 6.07) is 0. The number of nitrogens with zero attached hydrogens (tertiary/aromatic N) is 1. The van der Waals surface area contributed by atoms with Crippen LogP contribution < -0.4 is 0 Å². The van der Waals surface area contributed by atoms with Crippen molar-refractivity contribution >= 4 is 5.97 Å². The van der Waals surface area contributed by atoms with Gasteiger partial charge in [0.15, 0.2) is 0 Å². The Hall–Kier alpha value is -1.36. The third kappa shape index (κ3) is 1.62. The zero-order valence-electron chi connectivity index (χ0n) is 6.61. The van der Waals surface area contributed by atoms with Crippen molar-refractivity contribution in [3.8, 4) is 0 Å². The molecule has 0 unspecified atom stereocenters. The normalized spacial score (nSPS) is 9.83. The minimum absolute atomic E-state index is 0.180. The van der Waals surface area contributed by atoms with Crippen LogP contribution in [-0.4, -0.2) is 22.8 Å². The number of ether oxygens (including phenoxy) is 1. The zero-order chi connectivity index (χ0) is 8.97. The highest BCUT2D eigenvalue weighted by atomic mass is 16.5. The molecule has 0 fully saturated rings. The van der Waals surface area contributed by atoms with E-state index in [2.05, 4.69) is 14.4 Å². The van der Waals surface area contributed by atoms with E-state index in [0.29, 0.717) is 0 Å². The molecular formula is C7H9NO4. The number of aliphatic hydroxyl groups is 1. The van der Waals surface area contributed by atoms with Crippen molar-refractivity contribution in [1.29, 1.82) is 0 Å². The van der Waals surface area contributed by atoms with E-state index in [0.717, 1.165) is 6.26 Å². The molecule has 0 aliphatic carbocycles. The van der Waals surface area contributed by atoms with Gasteiger partial charge in [0.2, 0.25) is 0 Å². The third-order valence-electron chi connectivity index (χ3n) is 1.29. The molecular weight excluding hydrogens is 162 g/mol. The van der Waals surface area contributed by atoms with Crippen molar-refractivity contribution in [2.24, 2.45) is 0 Å². The number of carbonyl (C=O) groups excluding carboxylic acids is 1. The summed E-state index contributed by atoms with van der Waals surface area (Å²) in [4.78, 5) is 11.1. The van der Waals surface area contributed by atoms with Crippen LogP contribution in [0.25, 0.3) is 0 Å². The molecule has 0 aromatic carbocycles. The van der Waals surface area contributed by atoms with Crippen LogP contribution in [0.15, 0.2) is 10.8 Å².